The fraction of sp³-hybridized carbons (Fsp3) is 1.00. The summed E-state index contributed by atoms with van der Waals surface area (Å²) in [7, 11) is 0. The van der Waals surface area contributed by atoms with Crippen LogP contribution in [0.2, 0.25) is 0 Å². The highest BCUT2D eigenvalue weighted by Gasteiger charge is 2.28. The smallest absolute Gasteiger partial charge is 0.00673 e. The Morgan fingerprint density at radius 1 is 0.947 bits per heavy atom. The summed E-state index contributed by atoms with van der Waals surface area (Å²) in [5.74, 6) is 2.61. The molecule has 1 saturated carbocycles. The largest absolute Gasteiger partial charge is 0.327 e. The highest BCUT2D eigenvalue weighted by atomic mass is 14.7. The van der Waals surface area contributed by atoms with Crippen molar-refractivity contribution in [2.75, 3.05) is 0 Å². The molecule has 0 bridgehead atoms. The zero-order chi connectivity index (χ0) is 14.1. The van der Waals surface area contributed by atoms with E-state index in [1.807, 2.05) is 0 Å². The molecule has 1 aliphatic carbocycles. The maximum atomic E-state index is 6.32. The average molecular weight is 268 g/mol. The fourth-order valence-corrected chi connectivity index (χ4v) is 3.62. The van der Waals surface area contributed by atoms with Crippen LogP contribution >= 0.6 is 0 Å². The van der Waals surface area contributed by atoms with Crippen LogP contribution in [0.25, 0.3) is 0 Å². The number of hydrogen-bond donors (Lipinski definition) is 1. The Labute approximate surface area is 121 Å². The molecule has 0 aromatic heterocycles. The number of hydrogen-bond acceptors (Lipinski definition) is 1. The summed E-state index contributed by atoms with van der Waals surface area (Å²) in [5.41, 5.74) is 6.32. The first kappa shape index (κ1) is 17.0. The first-order valence-electron chi connectivity index (χ1n) is 8.90. The van der Waals surface area contributed by atoms with Gasteiger partial charge in [0.15, 0.2) is 0 Å². The van der Waals surface area contributed by atoms with E-state index in [0.29, 0.717) is 6.04 Å². The third kappa shape index (κ3) is 6.79. The quantitative estimate of drug-likeness (QED) is 0.546. The van der Waals surface area contributed by atoms with Crippen molar-refractivity contribution in [3.05, 3.63) is 0 Å². The van der Waals surface area contributed by atoms with Gasteiger partial charge in [0.05, 0.1) is 0 Å². The molecule has 0 amide bonds. The Hall–Kier alpha value is -0.0400. The van der Waals surface area contributed by atoms with E-state index in [-0.39, 0.29) is 0 Å². The van der Waals surface area contributed by atoms with Gasteiger partial charge in [0, 0.05) is 6.04 Å². The summed E-state index contributed by atoms with van der Waals surface area (Å²) in [6.45, 7) is 7.05. The molecule has 0 spiro atoms. The van der Waals surface area contributed by atoms with Crippen molar-refractivity contribution >= 4 is 0 Å². The second-order valence-electron chi connectivity index (χ2n) is 7.15. The van der Waals surface area contributed by atoms with Crippen molar-refractivity contribution in [2.45, 2.75) is 97.4 Å². The predicted molar refractivity (Wildman–Crippen MR) is 86.3 cm³/mol. The zero-order valence-electron chi connectivity index (χ0n) is 13.7. The Balaban J connectivity index is 2.09. The highest BCUT2D eigenvalue weighted by molar-refractivity contribution is 4.83. The van der Waals surface area contributed by atoms with E-state index in [1.165, 1.54) is 70.6 Å². The van der Waals surface area contributed by atoms with Gasteiger partial charge < -0.3 is 5.73 Å². The van der Waals surface area contributed by atoms with Gasteiger partial charge in [-0.2, -0.15) is 0 Å². The van der Waals surface area contributed by atoms with Crippen molar-refractivity contribution in [3.8, 4) is 0 Å². The molecule has 0 saturated heterocycles. The van der Waals surface area contributed by atoms with Gasteiger partial charge >= 0.3 is 0 Å². The van der Waals surface area contributed by atoms with Gasteiger partial charge in [-0.05, 0) is 43.4 Å². The molecule has 0 aromatic carbocycles. The molecule has 1 nitrogen and oxygen atoms in total. The van der Waals surface area contributed by atoms with Crippen LogP contribution in [0.1, 0.15) is 91.4 Å². The average Bonchev–Trinajstić information content (AvgIpc) is 2.39. The molecule has 3 unspecified atom stereocenters. The Kier molecular flexibility index (Phi) is 8.77. The van der Waals surface area contributed by atoms with Crippen LogP contribution < -0.4 is 5.73 Å². The highest BCUT2D eigenvalue weighted by Crippen LogP contribution is 2.35. The van der Waals surface area contributed by atoms with Crippen LogP contribution in [-0.4, -0.2) is 6.04 Å². The van der Waals surface area contributed by atoms with E-state index in [4.69, 9.17) is 5.73 Å². The van der Waals surface area contributed by atoms with E-state index in [0.717, 1.165) is 17.8 Å². The van der Waals surface area contributed by atoms with E-state index < -0.39 is 0 Å². The van der Waals surface area contributed by atoms with Crippen LogP contribution in [0.15, 0.2) is 0 Å². The first-order chi connectivity index (χ1) is 9.15. The second kappa shape index (κ2) is 9.80. The molecule has 3 atom stereocenters. The summed E-state index contributed by atoms with van der Waals surface area (Å²) < 4.78 is 0. The van der Waals surface area contributed by atoms with E-state index >= 15 is 0 Å². The van der Waals surface area contributed by atoms with E-state index in [9.17, 15) is 0 Å². The summed E-state index contributed by atoms with van der Waals surface area (Å²) >= 11 is 0. The van der Waals surface area contributed by atoms with Crippen LogP contribution in [0.4, 0.5) is 0 Å². The molecule has 2 N–H and O–H groups in total. The topological polar surface area (TPSA) is 26.0 Å². The SMILES string of the molecule is CCCCCCCCCC1CC(C(C)C)CCC1N. The van der Waals surface area contributed by atoms with Gasteiger partial charge in [-0.1, -0.05) is 65.7 Å². The van der Waals surface area contributed by atoms with E-state index in [2.05, 4.69) is 20.8 Å². The van der Waals surface area contributed by atoms with Crippen LogP contribution in [0.5, 0.6) is 0 Å². The van der Waals surface area contributed by atoms with Crippen molar-refractivity contribution in [3.63, 3.8) is 0 Å². The molecule has 114 valence electrons. The van der Waals surface area contributed by atoms with Crippen molar-refractivity contribution < 1.29 is 0 Å². The maximum Gasteiger partial charge on any atom is 0.00673 e. The van der Waals surface area contributed by atoms with Gasteiger partial charge in [0.2, 0.25) is 0 Å². The minimum atomic E-state index is 0.495. The second-order valence-corrected chi connectivity index (χ2v) is 7.15. The molecule has 1 rings (SSSR count). The standard InChI is InChI=1S/C18H37N/c1-4-5-6-7-8-9-10-11-17-14-16(15(2)3)12-13-18(17)19/h15-18H,4-14,19H2,1-3H3. The Bertz CT molecular complexity index is 212. The normalized spacial score (nSPS) is 27.9. The summed E-state index contributed by atoms with van der Waals surface area (Å²) in [5, 5.41) is 0. The molecule has 1 aliphatic rings. The summed E-state index contributed by atoms with van der Waals surface area (Å²) in [6, 6.07) is 0.495. The fourth-order valence-electron chi connectivity index (χ4n) is 3.62. The first-order valence-corrected chi connectivity index (χ1v) is 8.90. The third-order valence-corrected chi connectivity index (χ3v) is 5.20. The molecule has 0 aromatic rings. The van der Waals surface area contributed by atoms with Crippen LogP contribution in [-0.2, 0) is 0 Å². The van der Waals surface area contributed by atoms with Crippen LogP contribution in [0, 0.1) is 17.8 Å². The van der Waals surface area contributed by atoms with Crippen molar-refractivity contribution in [1.82, 2.24) is 0 Å². The molecule has 1 fully saturated rings. The minimum absolute atomic E-state index is 0.495. The van der Waals surface area contributed by atoms with Gasteiger partial charge in [0.25, 0.3) is 0 Å². The third-order valence-electron chi connectivity index (χ3n) is 5.20. The van der Waals surface area contributed by atoms with Gasteiger partial charge in [-0.3, -0.25) is 0 Å². The van der Waals surface area contributed by atoms with Gasteiger partial charge in [-0.25, -0.2) is 0 Å². The van der Waals surface area contributed by atoms with Crippen molar-refractivity contribution in [2.24, 2.45) is 23.5 Å². The minimum Gasteiger partial charge on any atom is -0.327 e. The van der Waals surface area contributed by atoms with Crippen molar-refractivity contribution in [1.29, 1.82) is 0 Å². The molecular formula is C18H37N. The Morgan fingerprint density at radius 2 is 1.58 bits per heavy atom. The summed E-state index contributed by atoms with van der Waals surface area (Å²) in [4.78, 5) is 0. The molecule has 0 heterocycles. The molecule has 0 aliphatic heterocycles. The van der Waals surface area contributed by atoms with Crippen LogP contribution in [0.3, 0.4) is 0 Å². The molecular weight excluding hydrogens is 230 g/mol. The molecule has 1 heteroatoms. The maximum absolute atomic E-state index is 6.32. The van der Waals surface area contributed by atoms with Gasteiger partial charge in [0.1, 0.15) is 0 Å². The molecule has 19 heavy (non-hydrogen) atoms. The number of unbranched alkanes of at least 4 members (excludes halogenated alkanes) is 6. The predicted octanol–water partition coefficient (Wildman–Crippen LogP) is 5.53. The lowest BCUT2D eigenvalue weighted by Gasteiger charge is -2.36. The lowest BCUT2D eigenvalue weighted by atomic mass is 9.72. The lowest BCUT2D eigenvalue weighted by Crippen LogP contribution is -2.37. The molecule has 0 radical (unpaired) electrons. The monoisotopic (exact) mass is 267 g/mol. The zero-order valence-corrected chi connectivity index (χ0v) is 13.7. The number of rotatable bonds is 9. The Morgan fingerprint density at radius 3 is 2.21 bits per heavy atom. The number of nitrogens with two attached hydrogens (primary N) is 1. The van der Waals surface area contributed by atoms with E-state index in [1.54, 1.807) is 0 Å². The lowest BCUT2D eigenvalue weighted by molar-refractivity contribution is 0.179. The summed E-state index contributed by atoms with van der Waals surface area (Å²) in [6.07, 6.45) is 15.4. The van der Waals surface area contributed by atoms with Gasteiger partial charge in [-0.15, -0.1) is 0 Å².